The molecule has 0 radical (unpaired) electrons. The molecular weight excluding hydrogens is 290 g/mol. The smallest absolute Gasteiger partial charge is 0.233 e. The number of hydrogen-bond acceptors (Lipinski definition) is 3. The number of nitrogens with zero attached hydrogens (tertiary/aromatic N) is 2. The molecule has 126 valence electrons. The van der Waals surface area contributed by atoms with Crippen LogP contribution in [0, 0.1) is 0 Å². The molecule has 1 heterocycles. The Kier molecular flexibility index (Phi) is 6.02. The molecule has 0 bridgehead atoms. The number of hydrogen-bond donors (Lipinski definition) is 1. The first kappa shape index (κ1) is 17.3. The van der Waals surface area contributed by atoms with Gasteiger partial charge in [0.15, 0.2) is 0 Å². The fourth-order valence-corrected chi connectivity index (χ4v) is 3.04. The second kappa shape index (κ2) is 7.99. The van der Waals surface area contributed by atoms with Gasteiger partial charge in [0.2, 0.25) is 11.8 Å². The van der Waals surface area contributed by atoms with Crippen molar-refractivity contribution in [2.75, 3.05) is 30.9 Å². The molecule has 0 saturated carbocycles. The zero-order chi connectivity index (χ0) is 16.8. The molecule has 1 unspecified atom stereocenters. The van der Waals surface area contributed by atoms with Crippen molar-refractivity contribution in [2.45, 2.75) is 45.1 Å². The number of carbonyl (C=O) groups excluding carboxylic acids is 2. The van der Waals surface area contributed by atoms with Crippen molar-refractivity contribution in [3.63, 3.8) is 0 Å². The predicted molar refractivity (Wildman–Crippen MR) is 93.7 cm³/mol. The Hall–Kier alpha value is -2.04. The van der Waals surface area contributed by atoms with E-state index < -0.39 is 0 Å². The molecule has 2 rings (SSSR count). The van der Waals surface area contributed by atoms with E-state index in [0.29, 0.717) is 6.04 Å². The van der Waals surface area contributed by atoms with E-state index >= 15 is 0 Å². The van der Waals surface area contributed by atoms with Gasteiger partial charge in [0, 0.05) is 38.1 Å². The summed E-state index contributed by atoms with van der Waals surface area (Å²) in [4.78, 5) is 28.4. The number of piperidine rings is 1. The lowest BCUT2D eigenvalue weighted by Gasteiger charge is -2.35. The minimum Gasteiger partial charge on any atom is -0.378 e. The number of benzene rings is 1. The van der Waals surface area contributed by atoms with Crippen LogP contribution in [0.4, 0.5) is 11.4 Å². The van der Waals surface area contributed by atoms with Crippen LogP contribution in [0.25, 0.3) is 0 Å². The summed E-state index contributed by atoms with van der Waals surface area (Å²) in [5.74, 6) is -0.299. The van der Waals surface area contributed by atoms with Crippen molar-refractivity contribution in [2.24, 2.45) is 0 Å². The van der Waals surface area contributed by atoms with Crippen molar-refractivity contribution < 1.29 is 9.59 Å². The molecule has 1 fully saturated rings. The maximum atomic E-state index is 12.4. The summed E-state index contributed by atoms with van der Waals surface area (Å²) in [5, 5.41) is 2.81. The van der Waals surface area contributed by atoms with Crippen molar-refractivity contribution in [3.05, 3.63) is 24.3 Å². The molecule has 1 aliphatic rings. The average molecular weight is 317 g/mol. The third-order valence-electron chi connectivity index (χ3n) is 4.40. The third-order valence-corrected chi connectivity index (χ3v) is 4.40. The Morgan fingerprint density at radius 2 is 1.91 bits per heavy atom. The van der Waals surface area contributed by atoms with Gasteiger partial charge in [-0.15, -0.1) is 0 Å². The van der Waals surface area contributed by atoms with Gasteiger partial charge in [-0.2, -0.15) is 0 Å². The van der Waals surface area contributed by atoms with Gasteiger partial charge in [0.25, 0.3) is 0 Å². The number of rotatable bonds is 5. The van der Waals surface area contributed by atoms with Crippen LogP contribution in [0.2, 0.25) is 0 Å². The summed E-state index contributed by atoms with van der Waals surface area (Å²) < 4.78 is 0. The van der Waals surface area contributed by atoms with E-state index in [-0.39, 0.29) is 18.2 Å². The molecule has 1 saturated heterocycles. The van der Waals surface area contributed by atoms with E-state index in [1.165, 1.54) is 6.42 Å². The highest BCUT2D eigenvalue weighted by Gasteiger charge is 2.26. The number of likely N-dealkylation sites (tertiary alicyclic amines) is 1. The van der Waals surface area contributed by atoms with Crippen LogP contribution >= 0.6 is 0 Å². The molecule has 0 spiro atoms. The molecule has 23 heavy (non-hydrogen) atoms. The van der Waals surface area contributed by atoms with Crippen LogP contribution in [0.3, 0.4) is 0 Å². The van der Waals surface area contributed by atoms with Crippen LogP contribution in [0.15, 0.2) is 24.3 Å². The second-order valence-corrected chi connectivity index (χ2v) is 6.31. The molecule has 0 aromatic heterocycles. The number of anilines is 2. The molecule has 1 atom stereocenters. The van der Waals surface area contributed by atoms with Gasteiger partial charge in [0.1, 0.15) is 6.42 Å². The number of nitrogens with one attached hydrogen (secondary N) is 1. The number of amides is 2. The zero-order valence-corrected chi connectivity index (χ0v) is 14.3. The fraction of sp³-hybridized carbons (Fsp3) is 0.556. The van der Waals surface area contributed by atoms with E-state index in [2.05, 4.69) is 12.2 Å². The van der Waals surface area contributed by atoms with Gasteiger partial charge in [-0.1, -0.05) is 6.92 Å². The van der Waals surface area contributed by atoms with E-state index in [9.17, 15) is 9.59 Å². The fourth-order valence-electron chi connectivity index (χ4n) is 3.04. The topological polar surface area (TPSA) is 52.7 Å². The number of carbonyl (C=O) groups is 2. The van der Waals surface area contributed by atoms with Crippen LogP contribution < -0.4 is 10.2 Å². The van der Waals surface area contributed by atoms with E-state index in [4.69, 9.17) is 0 Å². The van der Waals surface area contributed by atoms with Crippen molar-refractivity contribution in [3.8, 4) is 0 Å². The van der Waals surface area contributed by atoms with E-state index in [1.54, 1.807) is 0 Å². The second-order valence-electron chi connectivity index (χ2n) is 6.31. The molecule has 1 aliphatic heterocycles. The lowest BCUT2D eigenvalue weighted by molar-refractivity contribution is -0.137. The predicted octanol–water partition coefficient (Wildman–Crippen LogP) is 2.87. The Labute approximate surface area is 138 Å². The normalized spacial score (nSPS) is 17.7. The van der Waals surface area contributed by atoms with Crippen molar-refractivity contribution in [1.29, 1.82) is 0 Å². The molecule has 2 amide bonds. The maximum absolute atomic E-state index is 12.4. The van der Waals surface area contributed by atoms with Gasteiger partial charge >= 0.3 is 0 Å². The average Bonchev–Trinajstić information content (AvgIpc) is 2.55. The summed E-state index contributed by atoms with van der Waals surface area (Å²) in [5.41, 5.74) is 1.79. The van der Waals surface area contributed by atoms with Gasteiger partial charge in [-0.25, -0.2) is 0 Å². The maximum Gasteiger partial charge on any atom is 0.233 e. The first-order chi connectivity index (χ1) is 11.0. The van der Waals surface area contributed by atoms with Crippen molar-refractivity contribution >= 4 is 23.2 Å². The summed E-state index contributed by atoms with van der Waals surface area (Å²) in [6.45, 7) is 2.88. The summed E-state index contributed by atoms with van der Waals surface area (Å²) >= 11 is 0. The SMILES string of the molecule is CCC1CCCCN1C(=O)CC(=O)Nc1ccc(N(C)C)cc1. The Balaban J connectivity index is 1.89. The molecular formula is C18H27N3O2. The zero-order valence-electron chi connectivity index (χ0n) is 14.3. The Bertz CT molecular complexity index is 540. The molecule has 1 aromatic carbocycles. The lowest BCUT2D eigenvalue weighted by Crippen LogP contribution is -2.44. The standard InChI is InChI=1S/C18H27N3O2/c1-4-15-7-5-6-12-21(15)18(23)13-17(22)19-14-8-10-16(11-9-14)20(2)3/h8-11,15H,4-7,12-13H2,1-3H3,(H,19,22). The van der Waals surface area contributed by atoms with Gasteiger partial charge in [-0.05, 0) is 49.9 Å². The lowest BCUT2D eigenvalue weighted by atomic mass is 9.99. The quantitative estimate of drug-likeness (QED) is 0.850. The molecule has 5 nitrogen and oxygen atoms in total. The Morgan fingerprint density at radius 3 is 2.52 bits per heavy atom. The van der Waals surface area contributed by atoms with E-state index in [1.807, 2.05) is 48.2 Å². The molecule has 1 aromatic rings. The minimum absolute atomic E-state index is 0.0565. The van der Waals surface area contributed by atoms with Crippen LogP contribution in [-0.2, 0) is 9.59 Å². The molecule has 1 N–H and O–H groups in total. The first-order valence-electron chi connectivity index (χ1n) is 8.38. The van der Waals surface area contributed by atoms with Gasteiger partial charge in [-0.3, -0.25) is 9.59 Å². The summed E-state index contributed by atoms with van der Waals surface area (Å²) in [6.07, 6.45) is 4.14. The molecule has 5 heteroatoms. The molecule has 0 aliphatic carbocycles. The van der Waals surface area contributed by atoms with E-state index in [0.717, 1.165) is 37.2 Å². The largest absolute Gasteiger partial charge is 0.378 e. The highest BCUT2D eigenvalue weighted by Crippen LogP contribution is 2.21. The van der Waals surface area contributed by atoms with Crippen molar-refractivity contribution in [1.82, 2.24) is 4.90 Å². The summed E-state index contributed by atoms with van der Waals surface area (Å²) in [7, 11) is 3.93. The highest BCUT2D eigenvalue weighted by atomic mass is 16.2. The Morgan fingerprint density at radius 1 is 1.22 bits per heavy atom. The minimum atomic E-state index is -0.243. The van der Waals surface area contributed by atoms with Gasteiger partial charge < -0.3 is 15.1 Å². The van der Waals surface area contributed by atoms with Crippen LogP contribution in [-0.4, -0.2) is 43.4 Å². The van der Waals surface area contributed by atoms with Crippen LogP contribution in [0.5, 0.6) is 0 Å². The highest BCUT2D eigenvalue weighted by molar-refractivity contribution is 6.03. The third kappa shape index (κ3) is 4.71. The first-order valence-corrected chi connectivity index (χ1v) is 8.38. The van der Waals surface area contributed by atoms with Gasteiger partial charge in [0.05, 0.1) is 0 Å². The van der Waals surface area contributed by atoms with Crippen LogP contribution in [0.1, 0.15) is 39.0 Å². The summed E-state index contributed by atoms with van der Waals surface area (Å²) in [6, 6.07) is 7.88. The monoisotopic (exact) mass is 317 g/mol.